The molecule has 2 aromatic heterocycles. The fourth-order valence-electron chi connectivity index (χ4n) is 2.13. The molecule has 8 nitrogen and oxygen atoms in total. The number of nitrogens with zero attached hydrogens (tertiary/aromatic N) is 2. The number of para-hydroxylation sites is 1. The van der Waals surface area contributed by atoms with Gasteiger partial charge in [0, 0.05) is 6.07 Å². The Labute approximate surface area is 152 Å². The molecule has 0 spiro atoms. The highest BCUT2D eigenvalue weighted by Gasteiger charge is 2.17. The molecule has 0 fully saturated rings. The van der Waals surface area contributed by atoms with Crippen LogP contribution in [0.1, 0.15) is 10.4 Å². The number of H-pyrrole nitrogens is 1. The Morgan fingerprint density at radius 2 is 2.00 bits per heavy atom. The number of carbonyl (C=O) groups excluding carboxylic acids is 1. The smallest absolute Gasteiger partial charge is 0.266 e. The summed E-state index contributed by atoms with van der Waals surface area (Å²) >= 11 is 1.24. The van der Waals surface area contributed by atoms with Crippen LogP contribution in [-0.2, 0) is 0 Å². The van der Waals surface area contributed by atoms with Gasteiger partial charge in [0.2, 0.25) is 5.88 Å². The Kier molecular flexibility index (Phi) is 5.18. The van der Waals surface area contributed by atoms with E-state index in [2.05, 4.69) is 20.3 Å². The van der Waals surface area contributed by atoms with Crippen LogP contribution in [0.15, 0.2) is 58.6 Å². The molecular weight excluding hydrogens is 354 g/mol. The van der Waals surface area contributed by atoms with Crippen molar-refractivity contribution < 1.29 is 9.53 Å². The van der Waals surface area contributed by atoms with Crippen molar-refractivity contribution in [3.8, 4) is 11.6 Å². The van der Waals surface area contributed by atoms with Gasteiger partial charge in [0.15, 0.2) is 11.0 Å². The molecule has 0 saturated heterocycles. The van der Waals surface area contributed by atoms with Crippen molar-refractivity contribution >= 4 is 29.2 Å². The van der Waals surface area contributed by atoms with Gasteiger partial charge in [-0.3, -0.25) is 9.59 Å². The molecule has 0 aliphatic heterocycles. The SMILES string of the molecule is CSc1nc(Nc2ccc(Oc3ccccc3)nc2)c(C(N)=O)c(=O)[nH]1. The highest BCUT2D eigenvalue weighted by atomic mass is 32.2. The Bertz CT molecular complexity index is 974. The second-order valence-electron chi connectivity index (χ2n) is 5.09. The third-order valence-electron chi connectivity index (χ3n) is 3.30. The lowest BCUT2D eigenvalue weighted by atomic mass is 10.3. The summed E-state index contributed by atoms with van der Waals surface area (Å²) in [5.41, 5.74) is 4.97. The van der Waals surface area contributed by atoms with E-state index in [-0.39, 0.29) is 11.4 Å². The summed E-state index contributed by atoms with van der Waals surface area (Å²) in [4.78, 5) is 34.5. The summed E-state index contributed by atoms with van der Waals surface area (Å²) in [5.74, 6) is 0.271. The van der Waals surface area contributed by atoms with Crippen LogP contribution in [-0.4, -0.2) is 27.1 Å². The minimum Gasteiger partial charge on any atom is -0.439 e. The van der Waals surface area contributed by atoms with Crippen LogP contribution in [0.25, 0.3) is 0 Å². The summed E-state index contributed by atoms with van der Waals surface area (Å²) in [6.07, 6.45) is 3.26. The van der Waals surface area contributed by atoms with Crippen LogP contribution in [0, 0.1) is 0 Å². The topological polar surface area (TPSA) is 123 Å². The van der Waals surface area contributed by atoms with Crippen LogP contribution >= 0.6 is 11.8 Å². The maximum Gasteiger partial charge on any atom is 0.266 e. The highest BCUT2D eigenvalue weighted by Crippen LogP contribution is 2.22. The zero-order chi connectivity index (χ0) is 18.5. The first-order valence-electron chi connectivity index (χ1n) is 7.51. The number of anilines is 2. The number of thioether (sulfide) groups is 1. The first-order valence-corrected chi connectivity index (χ1v) is 8.73. The van der Waals surface area contributed by atoms with Crippen molar-refractivity contribution in [2.24, 2.45) is 5.73 Å². The van der Waals surface area contributed by atoms with Gasteiger partial charge in [-0.05, 0) is 24.5 Å². The molecular formula is C17H15N5O3S. The molecule has 3 aromatic rings. The highest BCUT2D eigenvalue weighted by molar-refractivity contribution is 7.98. The summed E-state index contributed by atoms with van der Waals surface area (Å²) in [6.45, 7) is 0. The summed E-state index contributed by atoms with van der Waals surface area (Å²) in [7, 11) is 0. The number of primary amides is 1. The Hall–Kier alpha value is -3.33. The number of benzene rings is 1. The van der Waals surface area contributed by atoms with E-state index in [1.54, 1.807) is 18.4 Å². The zero-order valence-corrected chi connectivity index (χ0v) is 14.5. The number of amides is 1. The standard InChI is InChI=1S/C17H15N5O3S/c1-26-17-21-15(13(14(18)23)16(24)22-17)20-10-7-8-12(19-9-10)25-11-5-3-2-4-6-11/h2-9H,1H3,(H2,18,23)(H2,20,21,22,24). The molecule has 4 N–H and O–H groups in total. The van der Waals surface area contributed by atoms with Gasteiger partial charge in [0.25, 0.3) is 11.5 Å². The molecule has 0 aliphatic carbocycles. The van der Waals surface area contributed by atoms with Gasteiger partial charge in [-0.25, -0.2) is 9.97 Å². The van der Waals surface area contributed by atoms with E-state index in [1.165, 1.54) is 18.0 Å². The average Bonchev–Trinajstić information content (AvgIpc) is 2.63. The van der Waals surface area contributed by atoms with Crippen LogP contribution in [0.3, 0.4) is 0 Å². The number of aromatic nitrogens is 3. The van der Waals surface area contributed by atoms with E-state index in [0.717, 1.165) is 0 Å². The number of hydrogen-bond acceptors (Lipinski definition) is 7. The second kappa shape index (κ2) is 7.70. The minimum absolute atomic E-state index is 0.0733. The van der Waals surface area contributed by atoms with Crippen molar-refractivity contribution in [1.82, 2.24) is 15.0 Å². The Morgan fingerprint density at radius 3 is 2.62 bits per heavy atom. The average molecular weight is 369 g/mol. The lowest BCUT2D eigenvalue weighted by Crippen LogP contribution is -2.26. The van der Waals surface area contributed by atoms with E-state index < -0.39 is 11.5 Å². The molecule has 3 rings (SSSR count). The molecule has 1 amide bonds. The van der Waals surface area contributed by atoms with E-state index in [0.29, 0.717) is 22.5 Å². The van der Waals surface area contributed by atoms with Crippen molar-refractivity contribution in [3.05, 3.63) is 64.6 Å². The molecule has 9 heteroatoms. The van der Waals surface area contributed by atoms with Gasteiger partial charge < -0.3 is 20.8 Å². The lowest BCUT2D eigenvalue weighted by molar-refractivity contribution is 0.0999. The van der Waals surface area contributed by atoms with Gasteiger partial charge in [-0.1, -0.05) is 30.0 Å². The third kappa shape index (κ3) is 4.01. The Morgan fingerprint density at radius 1 is 1.23 bits per heavy atom. The summed E-state index contributed by atoms with van der Waals surface area (Å²) < 4.78 is 5.61. The molecule has 0 saturated carbocycles. The van der Waals surface area contributed by atoms with Gasteiger partial charge in [0.05, 0.1) is 11.9 Å². The van der Waals surface area contributed by atoms with Crippen molar-refractivity contribution in [2.75, 3.05) is 11.6 Å². The summed E-state index contributed by atoms with van der Waals surface area (Å²) in [6, 6.07) is 12.6. The van der Waals surface area contributed by atoms with E-state index in [9.17, 15) is 9.59 Å². The number of ether oxygens (including phenoxy) is 1. The molecule has 0 bridgehead atoms. The fourth-order valence-corrected chi connectivity index (χ4v) is 2.51. The normalized spacial score (nSPS) is 10.3. The third-order valence-corrected chi connectivity index (χ3v) is 3.88. The van der Waals surface area contributed by atoms with Crippen LogP contribution in [0.2, 0.25) is 0 Å². The van der Waals surface area contributed by atoms with Gasteiger partial charge in [-0.15, -0.1) is 0 Å². The lowest BCUT2D eigenvalue weighted by Gasteiger charge is -2.10. The van der Waals surface area contributed by atoms with Crippen molar-refractivity contribution in [1.29, 1.82) is 0 Å². The molecule has 132 valence electrons. The molecule has 1 aromatic carbocycles. The van der Waals surface area contributed by atoms with Crippen molar-refractivity contribution in [3.63, 3.8) is 0 Å². The van der Waals surface area contributed by atoms with Crippen LogP contribution < -0.4 is 21.3 Å². The maximum atomic E-state index is 12.0. The number of pyridine rings is 1. The van der Waals surface area contributed by atoms with Gasteiger partial charge in [0.1, 0.15) is 11.3 Å². The number of nitrogens with one attached hydrogen (secondary N) is 2. The molecule has 2 heterocycles. The van der Waals surface area contributed by atoms with E-state index in [4.69, 9.17) is 10.5 Å². The van der Waals surface area contributed by atoms with Crippen molar-refractivity contribution in [2.45, 2.75) is 5.16 Å². The molecule has 26 heavy (non-hydrogen) atoms. The van der Waals surface area contributed by atoms with Gasteiger partial charge in [-0.2, -0.15) is 0 Å². The first-order chi connectivity index (χ1) is 12.6. The number of carbonyl (C=O) groups is 1. The number of aromatic amines is 1. The molecule has 0 aliphatic rings. The fraction of sp³-hybridized carbons (Fsp3) is 0.0588. The molecule has 0 unspecified atom stereocenters. The molecule has 0 atom stereocenters. The number of nitrogens with two attached hydrogens (primary N) is 1. The minimum atomic E-state index is -0.870. The van der Waals surface area contributed by atoms with Crippen LogP contribution in [0.5, 0.6) is 11.6 Å². The second-order valence-corrected chi connectivity index (χ2v) is 5.88. The molecule has 0 radical (unpaired) electrons. The summed E-state index contributed by atoms with van der Waals surface area (Å²) in [5, 5.41) is 3.26. The maximum absolute atomic E-state index is 12.0. The zero-order valence-electron chi connectivity index (χ0n) is 13.7. The van der Waals surface area contributed by atoms with Gasteiger partial charge >= 0.3 is 0 Å². The van der Waals surface area contributed by atoms with E-state index >= 15 is 0 Å². The Balaban J connectivity index is 1.84. The quantitative estimate of drug-likeness (QED) is 0.450. The number of hydrogen-bond donors (Lipinski definition) is 3. The largest absolute Gasteiger partial charge is 0.439 e. The predicted octanol–water partition coefficient (Wildman–Crippen LogP) is 2.52. The first kappa shape index (κ1) is 17.5. The van der Waals surface area contributed by atoms with Crippen LogP contribution in [0.4, 0.5) is 11.5 Å². The van der Waals surface area contributed by atoms with E-state index in [1.807, 2.05) is 30.3 Å². The number of rotatable bonds is 6. The predicted molar refractivity (Wildman–Crippen MR) is 99.2 cm³/mol. The monoisotopic (exact) mass is 369 g/mol.